The van der Waals surface area contributed by atoms with E-state index in [0.717, 1.165) is 43.6 Å². The Balaban J connectivity index is 1.35. The van der Waals surface area contributed by atoms with Gasteiger partial charge in [0.25, 0.3) is 0 Å². The predicted octanol–water partition coefficient (Wildman–Crippen LogP) is 4.56. The number of ether oxygens (including phenoxy) is 2. The number of aliphatic hydroxyl groups excluding tert-OH is 1. The van der Waals surface area contributed by atoms with E-state index in [9.17, 15) is 9.90 Å². The predicted molar refractivity (Wildman–Crippen MR) is 111 cm³/mol. The molecule has 3 saturated carbocycles. The van der Waals surface area contributed by atoms with E-state index in [-0.39, 0.29) is 17.3 Å². The third kappa shape index (κ3) is 3.11. The Hall–Kier alpha value is -1.81. The minimum atomic E-state index is -0.390. The largest absolute Gasteiger partial charge is 0.497 e. The first-order valence-electron chi connectivity index (χ1n) is 11.2. The fraction of sp³-hybridized carbons (Fsp3) is 0.640. The van der Waals surface area contributed by atoms with E-state index in [4.69, 9.17) is 9.47 Å². The molecule has 0 aromatic heterocycles. The van der Waals surface area contributed by atoms with Crippen molar-refractivity contribution in [1.82, 2.24) is 0 Å². The average Bonchev–Trinajstić information content (AvgIpc) is 3.04. The van der Waals surface area contributed by atoms with Crippen LogP contribution in [-0.2, 0) is 4.79 Å². The SMILES string of the molecule is COc1ccc(OC2C[C@H]3C(=CC2=O)CC[C@@H]2[C@@H]3CC[C@]3(C)[C@@H](O)CC[C@@H]23)cc1. The molecule has 4 heteroatoms. The van der Waals surface area contributed by atoms with E-state index in [1.165, 1.54) is 18.4 Å². The van der Waals surface area contributed by atoms with Crippen LogP contribution in [-0.4, -0.2) is 30.2 Å². The fourth-order valence-corrected chi connectivity index (χ4v) is 7.05. The Labute approximate surface area is 173 Å². The van der Waals surface area contributed by atoms with Crippen molar-refractivity contribution in [1.29, 1.82) is 0 Å². The lowest BCUT2D eigenvalue weighted by Crippen LogP contribution is -2.49. The molecule has 1 aromatic carbocycles. The van der Waals surface area contributed by atoms with Crippen molar-refractivity contribution in [3.8, 4) is 11.5 Å². The van der Waals surface area contributed by atoms with Gasteiger partial charge in [0, 0.05) is 0 Å². The quantitative estimate of drug-likeness (QED) is 0.814. The molecule has 4 aliphatic carbocycles. The van der Waals surface area contributed by atoms with Gasteiger partial charge in [-0.25, -0.2) is 0 Å². The number of aliphatic hydroxyl groups is 1. The summed E-state index contributed by atoms with van der Waals surface area (Å²) in [4.78, 5) is 12.8. The van der Waals surface area contributed by atoms with E-state index in [2.05, 4.69) is 6.92 Å². The molecule has 1 N–H and O–H groups in total. The van der Waals surface area contributed by atoms with Gasteiger partial charge in [0.1, 0.15) is 11.5 Å². The molecule has 0 spiro atoms. The molecule has 156 valence electrons. The second-order valence-corrected chi connectivity index (χ2v) is 9.86. The maximum atomic E-state index is 12.8. The van der Waals surface area contributed by atoms with Gasteiger partial charge >= 0.3 is 0 Å². The van der Waals surface area contributed by atoms with Gasteiger partial charge in [0.15, 0.2) is 11.9 Å². The molecule has 3 fully saturated rings. The summed E-state index contributed by atoms with van der Waals surface area (Å²) < 4.78 is 11.3. The van der Waals surface area contributed by atoms with Crippen molar-refractivity contribution >= 4 is 5.78 Å². The summed E-state index contributed by atoms with van der Waals surface area (Å²) in [5, 5.41) is 10.6. The number of rotatable bonds is 3. The zero-order chi connectivity index (χ0) is 20.2. The average molecular weight is 397 g/mol. The zero-order valence-electron chi connectivity index (χ0n) is 17.5. The molecule has 0 bridgehead atoms. The minimum Gasteiger partial charge on any atom is -0.497 e. The number of benzene rings is 1. The highest BCUT2D eigenvalue weighted by Crippen LogP contribution is 2.61. The number of methoxy groups -OCH3 is 1. The van der Waals surface area contributed by atoms with Gasteiger partial charge < -0.3 is 14.6 Å². The molecule has 1 aromatic rings. The molecule has 4 nitrogen and oxygen atoms in total. The molecule has 29 heavy (non-hydrogen) atoms. The molecule has 0 saturated heterocycles. The maximum absolute atomic E-state index is 12.8. The van der Waals surface area contributed by atoms with Crippen LogP contribution in [0.15, 0.2) is 35.9 Å². The third-order valence-corrected chi connectivity index (χ3v) is 8.65. The number of fused-ring (bicyclic) bond motifs is 5. The standard InChI is InChI=1S/C25H32O4/c1-25-12-11-18-19(21(25)9-10-24(25)27)8-3-15-13-22(26)23(14-20(15)18)29-17-6-4-16(28-2)5-7-17/h4-7,13,18-21,23-24,27H,3,8-12,14H2,1-2H3/t18-,19+,20-,21-,23?,24-,25-/m0/s1. The molecule has 0 amide bonds. The number of hydrogen-bond donors (Lipinski definition) is 1. The first kappa shape index (κ1) is 19.2. The first-order chi connectivity index (χ1) is 14.0. The highest BCUT2D eigenvalue weighted by Gasteiger charge is 2.56. The van der Waals surface area contributed by atoms with E-state index >= 15 is 0 Å². The minimum absolute atomic E-state index is 0.103. The zero-order valence-corrected chi connectivity index (χ0v) is 17.5. The molecule has 0 radical (unpaired) electrons. The van der Waals surface area contributed by atoms with E-state index in [0.29, 0.717) is 23.7 Å². The van der Waals surface area contributed by atoms with Crippen LogP contribution in [0.2, 0.25) is 0 Å². The van der Waals surface area contributed by atoms with Gasteiger partial charge in [-0.15, -0.1) is 0 Å². The maximum Gasteiger partial charge on any atom is 0.196 e. The van der Waals surface area contributed by atoms with Gasteiger partial charge in [-0.1, -0.05) is 12.5 Å². The Morgan fingerprint density at radius 2 is 1.79 bits per heavy atom. The third-order valence-electron chi connectivity index (χ3n) is 8.65. The second-order valence-electron chi connectivity index (χ2n) is 9.86. The number of allylic oxidation sites excluding steroid dienone is 1. The van der Waals surface area contributed by atoms with Crippen LogP contribution in [0.5, 0.6) is 11.5 Å². The Kier molecular flexibility index (Phi) is 4.73. The Morgan fingerprint density at radius 3 is 2.55 bits per heavy atom. The Bertz CT molecular complexity index is 813. The highest BCUT2D eigenvalue weighted by atomic mass is 16.5. The van der Waals surface area contributed by atoms with Crippen LogP contribution in [0.1, 0.15) is 51.9 Å². The molecule has 1 unspecified atom stereocenters. The van der Waals surface area contributed by atoms with Crippen LogP contribution < -0.4 is 9.47 Å². The van der Waals surface area contributed by atoms with Crippen LogP contribution >= 0.6 is 0 Å². The van der Waals surface area contributed by atoms with Crippen LogP contribution in [0.25, 0.3) is 0 Å². The van der Waals surface area contributed by atoms with E-state index in [1.54, 1.807) is 7.11 Å². The number of hydrogen-bond acceptors (Lipinski definition) is 4. The lowest BCUT2D eigenvalue weighted by atomic mass is 9.52. The van der Waals surface area contributed by atoms with Crippen molar-refractivity contribution in [2.24, 2.45) is 29.1 Å². The van der Waals surface area contributed by atoms with Crippen molar-refractivity contribution in [3.05, 3.63) is 35.9 Å². The van der Waals surface area contributed by atoms with Gasteiger partial charge in [0.05, 0.1) is 13.2 Å². The summed E-state index contributed by atoms with van der Waals surface area (Å²) in [6.45, 7) is 2.32. The fourth-order valence-electron chi connectivity index (χ4n) is 7.05. The van der Waals surface area contributed by atoms with Gasteiger partial charge in [-0.3, -0.25) is 4.79 Å². The highest BCUT2D eigenvalue weighted by molar-refractivity contribution is 5.95. The molecule has 0 aliphatic heterocycles. The molecule has 7 atom stereocenters. The smallest absolute Gasteiger partial charge is 0.196 e. The van der Waals surface area contributed by atoms with Gasteiger partial charge in [-0.05, 0) is 104 Å². The van der Waals surface area contributed by atoms with Crippen molar-refractivity contribution in [3.63, 3.8) is 0 Å². The van der Waals surface area contributed by atoms with Crippen LogP contribution in [0.4, 0.5) is 0 Å². The summed E-state index contributed by atoms with van der Waals surface area (Å²) in [6.07, 6.45) is 8.78. The van der Waals surface area contributed by atoms with Gasteiger partial charge in [-0.2, -0.15) is 0 Å². The number of carbonyl (C=O) groups excluding carboxylic acids is 1. The normalized spacial score (nSPS) is 41.1. The second kappa shape index (κ2) is 7.16. The summed E-state index contributed by atoms with van der Waals surface area (Å²) in [5.74, 6) is 4.03. The Morgan fingerprint density at radius 1 is 1.03 bits per heavy atom. The molecule has 4 aliphatic rings. The van der Waals surface area contributed by atoms with E-state index in [1.807, 2.05) is 30.3 Å². The summed E-state index contributed by atoms with van der Waals surface area (Å²) in [5.41, 5.74) is 1.46. The summed E-state index contributed by atoms with van der Waals surface area (Å²) >= 11 is 0. The van der Waals surface area contributed by atoms with E-state index < -0.39 is 6.10 Å². The van der Waals surface area contributed by atoms with Crippen molar-refractivity contribution in [2.75, 3.05) is 7.11 Å². The molecular formula is C25H32O4. The monoisotopic (exact) mass is 396 g/mol. The summed E-state index contributed by atoms with van der Waals surface area (Å²) in [7, 11) is 1.64. The topological polar surface area (TPSA) is 55.8 Å². The van der Waals surface area contributed by atoms with Gasteiger partial charge in [0.2, 0.25) is 0 Å². The summed E-state index contributed by atoms with van der Waals surface area (Å²) in [6, 6.07) is 7.49. The van der Waals surface area contributed by atoms with Crippen molar-refractivity contribution in [2.45, 2.75) is 64.1 Å². The number of carbonyl (C=O) groups is 1. The van der Waals surface area contributed by atoms with Crippen molar-refractivity contribution < 1.29 is 19.4 Å². The lowest BCUT2D eigenvalue weighted by molar-refractivity contribution is -0.124. The van der Waals surface area contributed by atoms with Crippen LogP contribution in [0.3, 0.4) is 0 Å². The van der Waals surface area contributed by atoms with Crippen LogP contribution in [0, 0.1) is 29.1 Å². The number of ketones is 1. The lowest BCUT2D eigenvalue weighted by Gasteiger charge is -2.53. The molecule has 0 heterocycles. The molecular weight excluding hydrogens is 364 g/mol. The molecule has 5 rings (SSSR count). The first-order valence-corrected chi connectivity index (χ1v) is 11.2.